The minimum absolute atomic E-state index is 0. The number of carboxylic acid groups (broad SMARTS) is 1. The third kappa shape index (κ3) is 8.44. The number of carboxylic acids is 1. The van der Waals surface area contributed by atoms with Crippen molar-refractivity contribution in [3.8, 4) is 0 Å². The van der Waals surface area contributed by atoms with Crippen LogP contribution in [0.15, 0.2) is 41.4 Å². The summed E-state index contributed by atoms with van der Waals surface area (Å²) in [5.74, 6) is -1.00. The average Bonchev–Trinajstić information content (AvgIpc) is 2.76. The lowest BCUT2D eigenvalue weighted by Gasteiger charge is -2.33. The van der Waals surface area contributed by atoms with E-state index >= 15 is 0 Å². The molecule has 1 heterocycles. The molecule has 2 aromatic rings. The number of benzene rings is 2. The van der Waals surface area contributed by atoms with Gasteiger partial charge in [0.25, 0.3) is 0 Å². The molecule has 0 fully saturated rings. The highest BCUT2D eigenvalue weighted by Gasteiger charge is 2.27. The van der Waals surface area contributed by atoms with E-state index in [1.54, 1.807) is 12.1 Å². The summed E-state index contributed by atoms with van der Waals surface area (Å²) < 4.78 is 0. The molecular formula is C24H31Cl3N6O3. The first-order valence-electron chi connectivity index (χ1n) is 11.2. The molecule has 36 heavy (non-hydrogen) atoms. The number of hydrogen-bond donors (Lipinski definition) is 5. The van der Waals surface area contributed by atoms with Crippen LogP contribution in [0.5, 0.6) is 0 Å². The Morgan fingerprint density at radius 1 is 1.25 bits per heavy atom. The maximum atomic E-state index is 12.6. The molecule has 1 unspecified atom stereocenters. The Balaban J connectivity index is 0.00000456. The van der Waals surface area contributed by atoms with Gasteiger partial charge in [-0.1, -0.05) is 35.3 Å². The lowest BCUT2D eigenvalue weighted by atomic mass is 9.84. The maximum Gasteiger partial charge on any atom is 0.319 e. The number of nitrogens with zero attached hydrogens (tertiary/aromatic N) is 2. The number of amides is 2. The topological polar surface area (TPSA) is 146 Å². The number of carbonyl (C=O) groups is 2. The van der Waals surface area contributed by atoms with E-state index in [4.69, 9.17) is 34.7 Å². The van der Waals surface area contributed by atoms with Gasteiger partial charge in [0.05, 0.1) is 6.42 Å². The largest absolute Gasteiger partial charge is 0.481 e. The fraction of sp³-hybridized carbons (Fsp3) is 0.375. The van der Waals surface area contributed by atoms with Gasteiger partial charge in [0, 0.05) is 47.3 Å². The first-order valence-corrected chi connectivity index (χ1v) is 12.0. The number of aliphatic imine (C=N–C) groups is 1. The van der Waals surface area contributed by atoms with E-state index in [-0.39, 0.29) is 30.7 Å². The van der Waals surface area contributed by atoms with Gasteiger partial charge in [-0.05, 0) is 60.8 Å². The van der Waals surface area contributed by atoms with E-state index in [1.165, 1.54) is 0 Å². The summed E-state index contributed by atoms with van der Waals surface area (Å²) in [6, 6.07) is 10.2. The smallest absolute Gasteiger partial charge is 0.319 e. The quantitative estimate of drug-likeness (QED) is 0.179. The summed E-state index contributed by atoms with van der Waals surface area (Å²) >= 11 is 12.8. The summed E-state index contributed by atoms with van der Waals surface area (Å²) in [5, 5.41) is 16.0. The van der Waals surface area contributed by atoms with E-state index < -0.39 is 18.0 Å². The Hall–Kier alpha value is -2.72. The molecule has 1 aliphatic rings. The fourth-order valence-corrected chi connectivity index (χ4v) is 4.87. The van der Waals surface area contributed by atoms with Crippen LogP contribution in [0.2, 0.25) is 10.0 Å². The highest BCUT2D eigenvalue weighted by molar-refractivity contribution is 6.35. The van der Waals surface area contributed by atoms with E-state index in [1.807, 2.05) is 31.3 Å². The van der Waals surface area contributed by atoms with Gasteiger partial charge in [-0.15, -0.1) is 12.4 Å². The molecule has 0 aromatic heterocycles. The van der Waals surface area contributed by atoms with Crippen LogP contribution >= 0.6 is 35.6 Å². The zero-order valence-electron chi connectivity index (χ0n) is 19.8. The molecule has 3 rings (SSSR count). The molecule has 0 saturated carbocycles. The standard InChI is InChI=1S/C24H30Cl2N6O3.ClH/c1-32-12-19(18-9-15(25)10-21(26)20(18)13-32)14-4-2-5-16(8-14)30-24(35)31-17(11-22(33)34)6-3-7-29-23(27)28;/h2,4-5,8-10,17,19H,3,6-7,11-13H2,1H3,(H,33,34)(H4,27,28,29)(H2,30,31,35);1H/t17-,19?;/m0./s1. The average molecular weight is 558 g/mol. The number of halogens is 3. The summed E-state index contributed by atoms with van der Waals surface area (Å²) in [5.41, 5.74) is 14.3. The van der Waals surface area contributed by atoms with Gasteiger partial charge in [0.1, 0.15) is 0 Å². The van der Waals surface area contributed by atoms with Crippen molar-refractivity contribution in [1.82, 2.24) is 10.2 Å². The van der Waals surface area contributed by atoms with Crippen LogP contribution in [0.3, 0.4) is 0 Å². The predicted octanol–water partition coefficient (Wildman–Crippen LogP) is 4.01. The SMILES string of the molecule is CN1Cc2c(Cl)cc(Cl)cc2C(c2cccc(NC(=O)N[C@@H](CCCN=C(N)N)CC(=O)O)c2)C1.Cl. The monoisotopic (exact) mass is 556 g/mol. The molecular weight excluding hydrogens is 527 g/mol. The molecule has 9 nitrogen and oxygen atoms in total. The third-order valence-corrected chi connectivity index (χ3v) is 6.36. The highest BCUT2D eigenvalue weighted by atomic mass is 35.5. The second-order valence-electron chi connectivity index (χ2n) is 8.67. The van der Waals surface area contributed by atoms with Crippen LogP contribution < -0.4 is 22.1 Å². The number of nitrogens with two attached hydrogens (primary N) is 2. The second kappa shape index (κ2) is 13.5. The number of rotatable bonds is 9. The minimum atomic E-state index is -1.00. The number of fused-ring (bicyclic) bond motifs is 1. The number of nitrogens with one attached hydrogen (secondary N) is 2. The lowest BCUT2D eigenvalue weighted by Crippen LogP contribution is -2.39. The first kappa shape index (κ1) is 29.5. The number of carbonyl (C=O) groups excluding carboxylic acids is 1. The van der Waals surface area contributed by atoms with Crippen molar-refractivity contribution in [3.63, 3.8) is 0 Å². The number of urea groups is 1. The Morgan fingerprint density at radius 3 is 2.69 bits per heavy atom. The van der Waals surface area contributed by atoms with Crippen LogP contribution in [-0.4, -0.2) is 54.1 Å². The molecule has 12 heteroatoms. The van der Waals surface area contributed by atoms with Crippen LogP contribution in [-0.2, 0) is 11.3 Å². The molecule has 2 amide bonds. The van der Waals surface area contributed by atoms with Gasteiger partial charge in [-0.25, -0.2) is 4.79 Å². The normalized spacial score (nSPS) is 15.7. The molecule has 0 radical (unpaired) electrons. The molecule has 0 aliphatic carbocycles. The van der Waals surface area contributed by atoms with Gasteiger partial charge in [0.2, 0.25) is 0 Å². The van der Waals surface area contributed by atoms with Crippen LogP contribution in [0, 0.1) is 0 Å². The highest BCUT2D eigenvalue weighted by Crippen LogP contribution is 2.38. The van der Waals surface area contributed by atoms with Crippen molar-refractivity contribution >= 4 is 59.3 Å². The van der Waals surface area contributed by atoms with E-state index in [0.29, 0.717) is 35.1 Å². The number of anilines is 1. The predicted molar refractivity (Wildman–Crippen MR) is 146 cm³/mol. The molecule has 7 N–H and O–H groups in total. The van der Waals surface area contributed by atoms with Crippen molar-refractivity contribution in [2.24, 2.45) is 16.5 Å². The van der Waals surface area contributed by atoms with Crippen molar-refractivity contribution in [2.75, 3.05) is 25.5 Å². The number of aliphatic carboxylic acids is 1. The summed E-state index contributed by atoms with van der Waals surface area (Å²) in [6.07, 6.45) is 0.747. The van der Waals surface area contributed by atoms with Crippen molar-refractivity contribution in [2.45, 2.75) is 37.8 Å². The van der Waals surface area contributed by atoms with Crippen molar-refractivity contribution in [3.05, 3.63) is 63.1 Å². The van der Waals surface area contributed by atoms with Crippen molar-refractivity contribution < 1.29 is 14.7 Å². The molecule has 0 bridgehead atoms. The maximum absolute atomic E-state index is 12.6. The zero-order valence-corrected chi connectivity index (χ0v) is 22.2. The van der Waals surface area contributed by atoms with Gasteiger partial charge < -0.3 is 32.1 Å². The van der Waals surface area contributed by atoms with E-state index in [2.05, 4.69) is 20.5 Å². The van der Waals surface area contributed by atoms with Gasteiger partial charge in [-0.3, -0.25) is 9.79 Å². The Bertz CT molecular complexity index is 1110. The molecule has 2 atom stereocenters. The van der Waals surface area contributed by atoms with Crippen LogP contribution in [0.1, 0.15) is 41.9 Å². The summed E-state index contributed by atoms with van der Waals surface area (Å²) in [6.45, 7) is 1.86. The number of guanidine groups is 1. The second-order valence-corrected chi connectivity index (χ2v) is 9.52. The molecule has 0 spiro atoms. The number of hydrogen-bond acceptors (Lipinski definition) is 4. The van der Waals surface area contributed by atoms with Gasteiger partial charge >= 0.3 is 12.0 Å². The molecule has 0 saturated heterocycles. The molecule has 196 valence electrons. The van der Waals surface area contributed by atoms with Crippen molar-refractivity contribution in [1.29, 1.82) is 0 Å². The Morgan fingerprint density at radius 2 is 2.00 bits per heavy atom. The lowest BCUT2D eigenvalue weighted by molar-refractivity contribution is -0.137. The Labute approximate surface area is 226 Å². The molecule has 1 aliphatic heterocycles. The zero-order chi connectivity index (χ0) is 25.5. The first-order chi connectivity index (χ1) is 16.6. The fourth-order valence-electron chi connectivity index (χ4n) is 4.30. The van der Waals surface area contributed by atoms with E-state index in [9.17, 15) is 14.7 Å². The van der Waals surface area contributed by atoms with Crippen LogP contribution in [0.25, 0.3) is 0 Å². The van der Waals surface area contributed by atoms with Gasteiger partial charge in [-0.2, -0.15) is 0 Å². The Kier molecular flexibility index (Phi) is 11.1. The van der Waals surface area contributed by atoms with Crippen LogP contribution in [0.4, 0.5) is 10.5 Å². The minimum Gasteiger partial charge on any atom is -0.481 e. The third-order valence-electron chi connectivity index (χ3n) is 5.80. The van der Waals surface area contributed by atoms with Gasteiger partial charge in [0.15, 0.2) is 5.96 Å². The summed E-state index contributed by atoms with van der Waals surface area (Å²) in [4.78, 5) is 29.9. The molecule has 2 aromatic carbocycles. The number of likely N-dealkylation sites (N-methyl/N-ethyl adjacent to an activating group) is 1. The summed E-state index contributed by atoms with van der Waals surface area (Å²) in [7, 11) is 2.03. The van der Waals surface area contributed by atoms with E-state index in [0.717, 1.165) is 29.8 Å².